The molecular formula is C26H26N4O4S3. The predicted octanol–water partition coefficient (Wildman–Crippen LogP) is 5.97. The van der Waals surface area contributed by atoms with Crippen LogP contribution in [-0.2, 0) is 14.8 Å². The highest BCUT2D eigenvalue weighted by Crippen LogP contribution is 2.29. The summed E-state index contributed by atoms with van der Waals surface area (Å²) in [7, 11) is -4.04. The van der Waals surface area contributed by atoms with Crippen LogP contribution in [0.25, 0.3) is 0 Å². The van der Waals surface area contributed by atoms with Gasteiger partial charge in [-0.3, -0.25) is 14.4 Å². The maximum Gasteiger partial charge on any atom is 0.264 e. The van der Waals surface area contributed by atoms with Crippen molar-refractivity contribution in [3.8, 4) is 11.5 Å². The Kier molecular flexibility index (Phi) is 8.80. The van der Waals surface area contributed by atoms with Gasteiger partial charge < -0.3 is 4.74 Å². The summed E-state index contributed by atoms with van der Waals surface area (Å²) in [4.78, 5) is 13.0. The van der Waals surface area contributed by atoms with Crippen molar-refractivity contribution in [3.05, 3.63) is 84.4 Å². The molecule has 0 aliphatic heterocycles. The lowest BCUT2D eigenvalue weighted by molar-refractivity contribution is -0.114. The number of thioether (sulfide) groups is 1. The van der Waals surface area contributed by atoms with Gasteiger partial charge in [0.15, 0.2) is 4.34 Å². The molecule has 0 radical (unpaired) electrons. The van der Waals surface area contributed by atoms with Crippen molar-refractivity contribution in [1.82, 2.24) is 10.2 Å². The van der Waals surface area contributed by atoms with Crippen LogP contribution in [-0.4, -0.2) is 36.8 Å². The highest BCUT2D eigenvalue weighted by molar-refractivity contribution is 8.01. The van der Waals surface area contributed by atoms with Gasteiger partial charge >= 0.3 is 0 Å². The minimum absolute atomic E-state index is 0.0877. The first-order valence-corrected chi connectivity index (χ1v) is 14.8. The second-order valence-electron chi connectivity index (χ2n) is 8.00. The molecule has 0 spiro atoms. The predicted molar refractivity (Wildman–Crippen MR) is 148 cm³/mol. The van der Waals surface area contributed by atoms with E-state index < -0.39 is 22.5 Å². The Morgan fingerprint density at radius 3 is 2.32 bits per heavy atom. The van der Waals surface area contributed by atoms with E-state index in [0.717, 1.165) is 26.4 Å². The number of aromatic nitrogens is 2. The van der Waals surface area contributed by atoms with Crippen LogP contribution in [0.5, 0.6) is 11.5 Å². The molecule has 1 amide bonds. The topological polar surface area (TPSA) is 101 Å². The molecule has 1 N–H and O–H groups in total. The van der Waals surface area contributed by atoms with E-state index in [9.17, 15) is 13.2 Å². The van der Waals surface area contributed by atoms with Crippen LogP contribution in [0.1, 0.15) is 18.9 Å². The molecule has 37 heavy (non-hydrogen) atoms. The van der Waals surface area contributed by atoms with Crippen molar-refractivity contribution in [2.24, 2.45) is 0 Å². The summed E-state index contributed by atoms with van der Waals surface area (Å²) in [5, 5.41) is 11.1. The Bertz CT molecular complexity index is 1420. The lowest BCUT2D eigenvalue weighted by Gasteiger charge is -2.24. The number of hydrogen-bond donors (Lipinski definition) is 1. The molecule has 8 nitrogen and oxygen atoms in total. The maximum atomic E-state index is 13.6. The molecule has 0 saturated heterocycles. The molecule has 11 heteroatoms. The summed E-state index contributed by atoms with van der Waals surface area (Å²) in [6.07, 6.45) is 0.993. The Balaban J connectivity index is 1.57. The van der Waals surface area contributed by atoms with E-state index in [2.05, 4.69) is 22.4 Å². The number of hydrogen-bond acceptors (Lipinski definition) is 8. The van der Waals surface area contributed by atoms with Crippen LogP contribution in [0.15, 0.2) is 88.1 Å². The monoisotopic (exact) mass is 554 g/mol. The summed E-state index contributed by atoms with van der Waals surface area (Å²) >= 11 is 2.82. The van der Waals surface area contributed by atoms with Gasteiger partial charge in [0.1, 0.15) is 18.0 Å². The van der Waals surface area contributed by atoms with Crippen molar-refractivity contribution in [1.29, 1.82) is 0 Å². The van der Waals surface area contributed by atoms with E-state index in [-0.39, 0.29) is 4.90 Å². The number of sulfonamides is 1. The molecule has 3 aromatic carbocycles. The molecule has 0 bridgehead atoms. The highest BCUT2D eigenvalue weighted by atomic mass is 32.2. The first-order chi connectivity index (χ1) is 17.8. The molecule has 4 rings (SSSR count). The summed E-state index contributed by atoms with van der Waals surface area (Å²) < 4.78 is 34.9. The highest BCUT2D eigenvalue weighted by Gasteiger charge is 2.27. The van der Waals surface area contributed by atoms with Crippen LogP contribution in [0.2, 0.25) is 0 Å². The SMILES string of the molecule is CCCSc1nnc(NC(=O)CN(c2ccc(Oc3ccccc3)cc2)S(=O)(=O)c2ccc(C)cc2)s1. The second kappa shape index (κ2) is 12.2. The van der Waals surface area contributed by atoms with Crippen LogP contribution < -0.4 is 14.4 Å². The number of rotatable bonds is 11. The minimum Gasteiger partial charge on any atom is -0.457 e. The van der Waals surface area contributed by atoms with Gasteiger partial charge in [0.05, 0.1) is 10.6 Å². The number of benzene rings is 3. The van der Waals surface area contributed by atoms with Crippen LogP contribution in [0, 0.1) is 6.92 Å². The average molecular weight is 555 g/mol. The first-order valence-electron chi connectivity index (χ1n) is 11.5. The van der Waals surface area contributed by atoms with Gasteiger partial charge in [0.2, 0.25) is 11.0 Å². The maximum absolute atomic E-state index is 13.6. The number of anilines is 2. The number of carbonyl (C=O) groups is 1. The van der Waals surface area contributed by atoms with Crippen molar-refractivity contribution in [2.45, 2.75) is 29.5 Å². The lowest BCUT2D eigenvalue weighted by Crippen LogP contribution is -2.38. The van der Waals surface area contributed by atoms with E-state index in [1.54, 1.807) is 48.2 Å². The van der Waals surface area contributed by atoms with Crippen molar-refractivity contribution in [3.63, 3.8) is 0 Å². The van der Waals surface area contributed by atoms with Crippen molar-refractivity contribution >= 4 is 49.8 Å². The van der Waals surface area contributed by atoms with E-state index in [4.69, 9.17) is 4.74 Å². The Morgan fingerprint density at radius 1 is 0.973 bits per heavy atom. The summed E-state index contributed by atoms with van der Waals surface area (Å²) in [5.74, 6) is 1.57. The zero-order valence-corrected chi connectivity index (χ0v) is 22.8. The third-order valence-electron chi connectivity index (χ3n) is 5.08. The fraction of sp³-hybridized carbons (Fsp3) is 0.192. The number of amides is 1. The van der Waals surface area contributed by atoms with Crippen molar-refractivity contribution in [2.75, 3.05) is 21.9 Å². The number of carbonyl (C=O) groups excluding carboxylic acids is 1. The Hall–Kier alpha value is -3.41. The van der Waals surface area contributed by atoms with E-state index in [1.807, 2.05) is 37.3 Å². The molecule has 0 aliphatic rings. The number of ether oxygens (including phenoxy) is 1. The van der Waals surface area contributed by atoms with Gasteiger partial charge in [-0.25, -0.2) is 8.42 Å². The minimum atomic E-state index is -4.04. The summed E-state index contributed by atoms with van der Waals surface area (Å²) in [6.45, 7) is 3.51. The lowest BCUT2D eigenvalue weighted by atomic mass is 10.2. The fourth-order valence-electron chi connectivity index (χ4n) is 3.25. The van der Waals surface area contributed by atoms with Crippen LogP contribution in [0.4, 0.5) is 10.8 Å². The number of aryl methyl sites for hydroxylation is 1. The number of para-hydroxylation sites is 1. The zero-order chi connectivity index (χ0) is 26.3. The Labute approximate surface area is 224 Å². The molecule has 0 saturated carbocycles. The summed E-state index contributed by atoms with van der Waals surface area (Å²) in [6, 6.07) is 22.3. The van der Waals surface area contributed by atoms with Gasteiger partial charge in [-0.15, -0.1) is 10.2 Å². The molecule has 0 unspecified atom stereocenters. The molecule has 0 atom stereocenters. The van der Waals surface area contributed by atoms with E-state index in [0.29, 0.717) is 22.3 Å². The largest absolute Gasteiger partial charge is 0.457 e. The molecule has 4 aromatic rings. The number of nitrogens with zero attached hydrogens (tertiary/aromatic N) is 3. The molecule has 0 fully saturated rings. The van der Waals surface area contributed by atoms with Crippen molar-refractivity contribution < 1.29 is 17.9 Å². The standard InChI is InChI=1S/C26H26N4O4S3/c1-3-17-35-26-29-28-25(36-26)27-24(31)18-30(37(32,33)23-15-9-19(2)10-16-23)20-11-13-22(14-12-20)34-21-7-5-4-6-8-21/h4-16H,3,17-18H2,1-2H3,(H,27,28,31). The van der Waals surface area contributed by atoms with Gasteiger partial charge in [0.25, 0.3) is 10.0 Å². The van der Waals surface area contributed by atoms with E-state index >= 15 is 0 Å². The Morgan fingerprint density at radius 2 is 1.65 bits per heavy atom. The molecule has 0 aliphatic carbocycles. The van der Waals surface area contributed by atoms with E-state index in [1.165, 1.54) is 23.5 Å². The molecule has 192 valence electrons. The smallest absolute Gasteiger partial charge is 0.264 e. The quantitative estimate of drug-likeness (QED) is 0.180. The number of nitrogens with one attached hydrogen (secondary N) is 1. The normalized spacial score (nSPS) is 11.2. The van der Waals surface area contributed by atoms with Gasteiger partial charge in [0, 0.05) is 5.75 Å². The van der Waals surface area contributed by atoms with Gasteiger partial charge in [-0.2, -0.15) is 0 Å². The summed E-state index contributed by atoms with van der Waals surface area (Å²) in [5.41, 5.74) is 1.26. The molecule has 1 heterocycles. The average Bonchev–Trinajstić information content (AvgIpc) is 3.34. The molecule has 1 aromatic heterocycles. The fourth-order valence-corrected chi connectivity index (χ4v) is 6.37. The van der Waals surface area contributed by atoms with Crippen LogP contribution in [0.3, 0.4) is 0 Å². The van der Waals surface area contributed by atoms with Crippen LogP contribution >= 0.6 is 23.1 Å². The second-order valence-corrected chi connectivity index (χ2v) is 12.2. The first kappa shape index (κ1) is 26.6. The molecular weight excluding hydrogens is 529 g/mol. The van der Waals surface area contributed by atoms with Gasteiger partial charge in [-0.1, -0.05) is 65.9 Å². The van der Waals surface area contributed by atoms with Gasteiger partial charge in [-0.05, 0) is 61.9 Å². The third-order valence-corrected chi connectivity index (χ3v) is 9.05. The third kappa shape index (κ3) is 7.09. The zero-order valence-electron chi connectivity index (χ0n) is 20.3.